The normalized spacial score (nSPS) is 12.3. The van der Waals surface area contributed by atoms with Crippen molar-refractivity contribution in [3.05, 3.63) is 133 Å². The molecule has 0 bridgehead atoms. The maximum Gasteiger partial charge on any atom is 0.147 e. The predicted molar refractivity (Wildman–Crippen MR) is 195 cm³/mol. The van der Waals surface area contributed by atoms with E-state index in [9.17, 15) is 0 Å². The van der Waals surface area contributed by atoms with Gasteiger partial charge in [-0.15, -0.1) is 11.3 Å². The van der Waals surface area contributed by atoms with Crippen LogP contribution in [0.4, 0.5) is 0 Å². The molecule has 0 aliphatic rings. The Morgan fingerprint density at radius 2 is 1.30 bits per heavy atom. The summed E-state index contributed by atoms with van der Waals surface area (Å²) in [7, 11) is 0. The summed E-state index contributed by atoms with van der Waals surface area (Å²) >= 11 is 1.78. The first-order chi connectivity index (χ1) is 22.4. The van der Waals surface area contributed by atoms with Crippen LogP contribution in [0.1, 0.15) is 32.0 Å². The molecule has 4 aromatic heterocycles. The number of aryl methyl sites for hydroxylation is 1. The second-order valence-corrected chi connectivity index (χ2v) is 14.2. The summed E-state index contributed by atoms with van der Waals surface area (Å²) in [6, 6.07) is 43.6. The Morgan fingerprint density at radius 3 is 2.13 bits per heavy atom. The molecule has 0 saturated carbocycles. The molecule has 0 radical (unpaired) electrons. The van der Waals surface area contributed by atoms with E-state index < -0.39 is 0 Å². The van der Waals surface area contributed by atoms with Crippen molar-refractivity contribution in [2.24, 2.45) is 0 Å². The molecule has 0 spiro atoms. The minimum atomic E-state index is -0.0168. The van der Waals surface area contributed by atoms with E-state index in [2.05, 4.69) is 158 Å². The Labute approximate surface area is 271 Å². The highest BCUT2D eigenvalue weighted by atomic mass is 32.1. The number of thiophene rings is 1. The van der Waals surface area contributed by atoms with E-state index in [4.69, 9.17) is 9.97 Å². The molecule has 4 nitrogen and oxygen atoms in total. The maximum atomic E-state index is 5.31. The number of imidazole rings is 1. The molecule has 0 atom stereocenters. The van der Waals surface area contributed by atoms with Crippen LogP contribution in [-0.2, 0) is 5.41 Å². The third-order valence-electron chi connectivity index (χ3n) is 9.19. The first kappa shape index (κ1) is 27.1. The molecule has 0 aliphatic heterocycles. The van der Waals surface area contributed by atoms with Crippen LogP contribution in [0.5, 0.6) is 0 Å². The zero-order chi connectivity index (χ0) is 31.2. The van der Waals surface area contributed by atoms with Crippen molar-refractivity contribution in [1.82, 2.24) is 19.1 Å². The number of aromatic nitrogens is 4. The smallest absolute Gasteiger partial charge is 0.147 e. The monoisotopic (exact) mass is 612 g/mol. The molecule has 0 fully saturated rings. The van der Waals surface area contributed by atoms with Crippen molar-refractivity contribution in [2.45, 2.75) is 33.1 Å². The summed E-state index contributed by atoms with van der Waals surface area (Å²) in [5, 5.41) is 4.96. The van der Waals surface area contributed by atoms with E-state index in [1.165, 1.54) is 42.8 Å². The van der Waals surface area contributed by atoms with Gasteiger partial charge in [0, 0.05) is 54.3 Å². The molecule has 0 amide bonds. The van der Waals surface area contributed by atoms with Crippen molar-refractivity contribution < 1.29 is 0 Å². The van der Waals surface area contributed by atoms with Gasteiger partial charge in [-0.1, -0.05) is 81.4 Å². The minimum Gasteiger partial charge on any atom is -0.309 e. The lowest BCUT2D eigenvalue weighted by atomic mass is 9.91. The van der Waals surface area contributed by atoms with Crippen LogP contribution in [0.3, 0.4) is 0 Å². The molecule has 0 N–H and O–H groups in total. The number of para-hydroxylation sites is 4. The van der Waals surface area contributed by atoms with E-state index in [1.807, 2.05) is 0 Å². The van der Waals surface area contributed by atoms with E-state index in [-0.39, 0.29) is 5.41 Å². The summed E-state index contributed by atoms with van der Waals surface area (Å²) in [5.74, 6) is 0.940. The van der Waals surface area contributed by atoms with Gasteiger partial charge in [0.05, 0.1) is 22.1 Å². The highest BCUT2D eigenvalue weighted by Crippen LogP contribution is 2.43. The minimum absolute atomic E-state index is 0.0168. The van der Waals surface area contributed by atoms with Crippen LogP contribution in [0.15, 0.2) is 121 Å². The number of hydrogen-bond donors (Lipinski definition) is 0. The van der Waals surface area contributed by atoms with Crippen molar-refractivity contribution in [3.63, 3.8) is 0 Å². The number of pyridine rings is 1. The zero-order valence-corrected chi connectivity index (χ0v) is 27.1. The fraction of sp³-hybridized carbons (Fsp3) is 0.122. The molecule has 0 unspecified atom stereocenters. The second-order valence-electron chi connectivity index (χ2n) is 13.2. The Morgan fingerprint density at radius 1 is 0.587 bits per heavy atom. The lowest BCUT2D eigenvalue weighted by Gasteiger charge is -2.17. The molecule has 46 heavy (non-hydrogen) atoms. The molecule has 5 heteroatoms. The fourth-order valence-corrected chi connectivity index (χ4v) is 8.20. The van der Waals surface area contributed by atoms with Crippen molar-refractivity contribution in [3.8, 4) is 22.8 Å². The van der Waals surface area contributed by atoms with Crippen molar-refractivity contribution >= 4 is 64.5 Å². The maximum absolute atomic E-state index is 5.31. The lowest BCUT2D eigenvalue weighted by Crippen LogP contribution is -2.12. The Hall–Kier alpha value is -5.26. The standard InChI is InChI=1S/C41H32N4S/c1-25-18-20-31(38-37(25)30-22-23-36(41(2,3)4)43-40(30)46-38)39-42-32-15-9-11-17-34(32)45(39)27-19-21-29-28-14-8-10-16-33(28)44(35(29)24-27)26-12-6-5-7-13-26/h5-24H,1-4H3. The SMILES string of the molecule is Cc1ccc(-c2nc3ccccc3n2-c2ccc3c4ccccc4n(-c4ccccc4)c3c2)c2sc3nc(C(C)(C)C)ccc3c12. The van der Waals surface area contributed by atoms with Gasteiger partial charge < -0.3 is 4.57 Å². The number of hydrogen-bond acceptors (Lipinski definition) is 3. The number of rotatable bonds is 3. The first-order valence-electron chi connectivity index (χ1n) is 15.8. The number of benzene rings is 5. The summed E-state index contributed by atoms with van der Waals surface area (Å²) in [4.78, 5) is 11.6. The summed E-state index contributed by atoms with van der Waals surface area (Å²) in [5.41, 5.74) is 10.1. The van der Waals surface area contributed by atoms with Crippen LogP contribution < -0.4 is 0 Å². The number of nitrogens with zero attached hydrogens (tertiary/aromatic N) is 4. The summed E-state index contributed by atoms with van der Waals surface area (Å²) in [6.45, 7) is 8.87. The van der Waals surface area contributed by atoms with Crippen LogP contribution in [0.2, 0.25) is 0 Å². The van der Waals surface area contributed by atoms with Gasteiger partial charge in [-0.2, -0.15) is 0 Å². The Bertz CT molecular complexity index is 2630. The highest BCUT2D eigenvalue weighted by molar-refractivity contribution is 7.26. The third-order valence-corrected chi connectivity index (χ3v) is 10.3. The fourth-order valence-electron chi connectivity index (χ4n) is 6.94. The van der Waals surface area contributed by atoms with Gasteiger partial charge in [-0.3, -0.25) is 4.57 Å². The van der Waals surface area contributed by atoms with Gasteiger partial charge >= 0.3 is 0 Å². The predicted octanol–water partition coefficient (Wildman–Crippen LogP) is 11.2. The van der Waals surface area contributed by atoms with Crippen LogP contribution >= 0.6 is 11.3 Å². The zero-order valence-electron chi connectivity index (χ0n) is 26.2. The highest BCUT2D eigenvalue weighted by Gasteiger charge is 2.23. The molecule has 4 heterocycles. The van der Waals surface area contributed by atoms with E-state index in [1.54, 1.807) is 11.3 Å². The van der Waals surface area contributed by atoms with Crippen molar-refractivity contribution in [1.29, 1.82) is 0 Å². The quantitative estimate of drug-likeness (QED) is 0.199. The second kappa shape index (κ2) is 9.87. The number of fused-ring (bicyclic) bond motifs is 7. The molecule has 0 saturated heterocycles. The molecule has 222 valence electrons. The molecule has 9 aromatic rings. The van der Waals surface area contributed by atoms with Crippen molar-refractivity contribution in [2.75, 3.05) is 0 Å². The molecular formula is C41H32N4S. The summed E-state index contributed by atoms with van der Waals surface area (Å²) in [6.07, 6.45) is 0. The molecule has 5 aromatic carbocycles. The van der Waals surface area contributed by atoms with Gasteiger partial charge in [0.1, 0.15) is 10.7 Å². The first-order valence-corrected chi connectivity index (χ1v) is 16.6. The van der Waals surface area contributed by atoms with Crippen LogP contribution in [-0.4, -0.2) is 19.1 Å². The molecule has 9 rings (SSSR count). The van der Waals surface area contributed by atoms with Crippen LogP contribution in [0.25, 0.3) is 75.9 Å². The Balaban J connectivity index is 1.34. The summed E-state index contributed by atoms with van der Waals surface area (Å²) < 4.78 is 5.94. The van der Waals surface area contributed by atoms with E-state index in [0.717, 1.165) is 44.3 Å². The van der Waals surface area contributed by atoms with Crippen LogP contribution in [0, 0.1) is 6.92 Å². The van der Waals surface area contributed by atoms with Gasteiger partial charge in [0.15, 0.2) is 0 Å². The molecular weight excluding hydrogens is 581 g/mol. The largest absolute Gasteiger partial charge is 0.309 e. The lowest BCUT2D eigenvalue weighted by molar-refractivity contribution is 0.572. The molecule has 0 aliphatic carbocycles. The van der Waals surface area contributed by atoms with Gasteiger partial charge in [-0.25, -0.2) is 9.97 Å². The van der Waals surface area contributed by atoms with E-state index in [0.29, 0.717) is 0 Å². The topological polar surface area (TPSA) is 35.6 Å². The average molecular weight is 613 g/mol. The van der Waals surface area contributed by atoms with Gasteiger partial charge in [0.2, 0.25) is 0 Å². The van der Waals surface area contributed by atoms with Gasteiger partial charge in [0.25, 0.3) is 0 Å². The van der Waals surface area contributed by atoms with Gasteiger partial charge in [-0.05, 0) is 73.2 Å². The van der Waals surface area contributed by atoms with E-state index >= 15 is 0 Å². The third kappa shape index (κ3) is 3.98. The average Bonchev–Trinajstić information content (AvgIpc) is 3.74. The Kier molecular flexibility index (Phi) is 5.81.